The Labute approximate surface area is 130 Å². The number of hydrogen-bond acceptors (Lipinski definition) is 3. The maximum absolute atomic E-state index is 10.7. The molecule has 0 bridgehead atoms. The van der Waals surface area contributed by atoms with E-state index in [2.05, 4.69) is 6.92 Å². The fraction of sp³-hybridized carbons (Fsp3) is 0.941. The molecule has 1 atom stereocenters. The number of unbranched alkanes of at least 4 members (excludes halogenated alkanes) is 7. The first-order valence-electron chi connectivity index (χ1n) is 8.43. The number of rotatable bonds is 13. The number of quaternary nitrogens is 1. The number of nitrogens with zero attached hydrogens (tertiary/aromatic N) is 1. The Kier molecular flexibility index (Phi) is 9.88. The molecule has 1 unspecified atom stereocenters. The number of carboxylic acids is 1. The van der Waals surface area contributed by atoms with E-state index in [9.17, 15) is 15.0 Å². The smallest absolute Gasteiger partial charge is 0.119 e. The van der Waals surface area contributed by atoms with E-state index in [-0.39, 0.29) is 11.0 Å². The van der Waals surface area contributed by atoms with Crippen LogP contribution in [0.4, 0.5) is 0 Å². The van der Waals surface area contributed by atoms with Gasteiger partial charge in [0.05, 0.1) is 20.1 Å². The molecule has 0 aliphatic carbocycles. The van der Waals surface area contributed by atoms with Gasteiger partial charge in [-0.25, -0.2) is 0 Å². The Morgan fingerprint density at radius 3 is 2.00 bits per heavy atom. The summed E-state index contributed by atoms with van der Waals surface area (Å²) in [5.74, 6) is -1.07. The van der Waals surface area contributed by atoms with Gasteiger partial charge in [0.25, 0.3) is 0 Å². The zero-order valence-corrected chi connectivity index (χ0v) is 14.5. The summed E-state index contributed by atoms with van der Waals surface area (Å²) in [5.41, 5.74) is -0.804. The minimum Gasteiger partial charge on any atom is -0.544 e. The first-order chi connectivity index (χ1) is 9.68. The highest BCUT2D eigenvalue weighted by Gasteiger charge is 2.30. The van der Waals surface area contributed by atoms with Crippen molar-refractivity contribution in [3.8, 4) is 0 Å². The van der Waals surface area contributed by atoms with Gasteiger partial charge >= 0.3 is 0 Å². The predicted molar refractivity (Wildman–Crippen MR) is 84.7 cm³/mol. The Morgan fingerprint density at radius 1 is 1.05 bits per heavy atom. The van der Waals surface area contributed by atoms with Crippen molar-refractivity contribution in [1.82, 2.24) is 0 Å². The van der Waals surface area contributed by atoms with E-state index in [1.165, 1.54) is 38.5 Å². The van der Waals surface area contributed by atoms with Crippen LogP contribution in [0, 0.1) is 0 Å². The Morgan fingerprint density at radius 2 is 1.52 bits per heavy atom. The third-order valence-electron chi connectivity index (χ3n) is 3.89. The molecule has 0 heterocycles. The van der Waals surface area contributed by atoms with Gasteiger partial charge in [0, 0.05) is 0 Å². The van der Waals surface area contributed by atoms with Gasteiger partial charge in [-0.05, 0) is 13.3 Å². The fourth-order valence-electron chi connectivity index (χ4n) is 3.05. The molecule has 126 valence electrons. The van der Waals surface area contributed by atoms with Gasteiger partial charge in [-0.3, -0.25) is 0 Å². The molecular formula is C17H35NO3. The number of likely N-dealkylation sites (N-methyl/N-ethyl adjacent to an activating group) is 1. The van der Waals surface area contributed by atoms with E-state index in [0.29, 0.717) is 6.54 Å². The van der Waals surface area contributed by atoms with Crippen LogP contribution in [0.15, 0.2) is 0 Å². The standard InChI is InChI=1S/C17H35NO3/c1-5-6-7-8-9-10-11-12-13-17(2,21)15-18(3,4)14-16(19)20/h21H,5-15H2,1-4H3. The largest absolute Gasteiger partial charge is 0.544 e. The maximum atomic E-state index is 10.7. The third-order valence-corrected chi connectivity index (χ3v) is 3.89. The Bertz CT molecular complexity index is 288. The second kappa shape index (κ2) is 10.2. The van der Waals surface area contributed by atoms with Crippen molar-refractivity contribution in [1.29, 1.82) is 0 Å². The molecule has 21 heavy (non-hydrogen) atoms. The Hall–Kier alpha value is -0.610. The van der Waals surface area contributed by atoms with Crippen molar-refractivity contribution in [3.05, 3.63) is 0 Å². The second-order valence-electron chi connectivity index (χ2n) is 7.35. The summed E-state index contributed by atoms with van der Waals surface area (Å²) in [7, 11) is 3.63. The van der Waals surface area contributed by atoms with E-state index in [4.69, 9.17) is 0 Å². The minimum atomic E-state index is -1.07. The first kappa shape index (κ1) is 20.4. The lowest BCUT2D eigenvalue weighted by atomic mass is 9.96. The molecule has 0 amide bonds. The number of carboxylic acid groups (broad SMARTS) is 1. The van der Waals surface area contributed by atoms with Gasteiger partial charge < -0.3 is 19.5 Å². The van der Waals surface area contributed by atoms with E-state index in [1.54, 1.807) is 0 Å². The van der Waals surface area contributed by atoms with Crippen molar-refractivity contribution >= 4 is 5.97 Å². The van der Waals surface area contributed by atoms with Gasteiger partial charge in [-0.15, -0.1) is 0 Å². The maximum Gasteiger partial charge on any atom is 0.119 e. The average Bonchev–Trinajstić information content (AvgIpc) is 2.29. The van der Waals surface area contributed by atoms with Crippen molar-refractivity contribution < 1.29 is 19.5 Å². The minimum absolute atomic E-state index is 0.0619. The normalized spacial score (nSPS) is 14.9. The van der Waals surface area contributed by atoms with Crippen molar-refractivity contribution in [3.63, 3.8) is 0 Å². The van der Waals surface area contributed by atoms with Gasteiger partial charge in [0.2, 0.25) is 0 Å². The zero-order chi connectivity index (χ0) is 16.4. The molecule has 0 aromatic heterocycles. The zero-order valence-electron chi connectivity index (χ0n) is 14.5. The number of aliphatic hydroxyl groups is 1. The molecule has 0 radical (unpaired) electrons. The number of carbonyl (C=O) groups is 1. The van der Waals surface area contributed by atoms with Crippen LogP contribution < -0.4 is 5.11 Å². The highest BCUT2D eigenvalue weighted by atomic mass is 16.4. The van der Waals surface area contributed by atoms with Gasteiger partial charge in [-0.1, -0.05) is 58.3 Å². The number of hydrogen-bond donors (Lipinski definition) is 1. The number of aliphatic carboxylic acids is 1. The second-order valence-corrected chi connectivity index (χ2v) is 7.35. The van der Waals surface area contributed by atoms with Crippen LogP contribution in [-0.2, 0) is 4.79 Å². The molecule has 0 aromatic carbocycles. The van der Waals surface area contributed by atoms with Crippen LogP contribution in [0.5, 0.6) is 0 Å². The van der Waals surface area contributed by atoms with Gasteiger partial charge in [0.15, 0.2) is 0 Å². The lowest BCUT2D eigenvalue weighted by Gasteiger charge is -2.36. The monoisotopic (exact) mass is 301 g/mol. The van der Waals surface area contributed by atoms with Crippen molar-refractivity contribution in [2.45, 2.75) is 77.2 Å². The van der Waals surface area contributed by atoms with E-state index >= 15 is 0 Å². The van der Waals surface area contributed by atoms with Crippen LogP contribution in [0.2, 0.25) is 0 Å². The van der Waals surface area contributed by atoms with Gasteiger partial charge in [-0.2, -0.15) is 0 Å². The van der Waals surface area contributed by atoms with Crippen LogP contribution in [-0.4, -0.2) is 48.3 Å². The summed E-state index contributed by atoms with van der Waals surface area (Å²) in [6, 6.07) is 0. The molecule has 1 N–H and O–H groups in total. The first-order valence-corrected chi connectivity index (χ1v) is 8.43. The predicted octanol–water partition coefficient (Wildman–Crippen LogP) is 2.09. The number of carbonyl (C=O) groups excluding carboxylic acids is 1. The quantitative estimate of drug-likeness (QED) is 0.418. The molecule has 0 fully saturated rings. The van der Waals surface area contributed by atoms with E-state index in [0.717, 1.165) is 19.3 Å². The van der Waals surface area contributed by atoms with Crippen LogP contribution in [0.25, 0.3) is 0 Å². The lowest BCUT2D eigenvalue weighted by molar-refractivity contribution is -0.891. The van der Waals surface area contributed by atoms with Crippen LogP contribution >= 0.6 is 0 Å². The summed E-state index contributed by atoms with van der Waals surface area (Å²) in [4.78, 5) is 10.7. The van der Waals surface area contributed by atoms with Crippen LogP contribution in [0.1, 0.15) is 71.6 Å². The molecular weight excluding hydrogens is 266 g/mol. The molecule has 0 saturated carbocycles. The Balaban J connectivity index is 3.79. The van der Waals surface area contributed by atoms with E-state index < -0.39 is 11.6 Å². The summed E-state index contributed by atoms with van der Waals surface area (Å²) in [6.45, 7) is 4.41. The fourth-order valence-corrected chi connectivity index (χ4v) is 3.05. The molecule has 4 heteroatoms. The molecule has 0 rings (SSSR count). The average molecular weight is 301 g/mol. The van der Waals surface area contributed by atoms with Crippen molar-refractivity contribution in [2.75, 3.05) is 27.2 Å². The van der Waals surface area contributed by atoms with Crippen molar-refractivity contribution in [2.24, 2.45) is 0 Å². The van der Waals surface area contributed by atoms with Gasteiger partial charge in [0.1, 0.15) is 18.7 Å². The molecule has 0 aliphatic heterocycles. The lowest BCUT2D eigenvalue weighted by Crippen LogP contribution is -2.55. The SMILES string of the molecule is CCCCCCCCCCC(C)(O)C[N+](C)(C)CC(=O)[O-]. The molecule has 0 aliphatic rings. The van der Waals surface area contributed by atoms with E-state index in [1.807, 2.05) is 21.0 Å². The molecule has 0 saturated heterocycles. The molecule has 0 spiro atoms. The third kappa shape index (κ3) is 12.8. The summed E-state index contributed by atoms with van der Waals surface area (Å²) in [6.07, 6.45) is 10.7. The summed E-state index contributed by atoms with van der Waals surface area (Å²) < 4.78 is 0.256. The summed E-state index contributed by atoms with van der Waals surface area (Å²) >= 11 is 0. The highest BCUT2D eigenvalue weighted by molar-refractivity contribution is 5.65. The highest BCUT2D eigenvalue weighted by Crippen LogP contribution is 2.19. The summed E-state index contributed by atoms with van der Waals surface area (Å²) in [5, 5.41) is 21.1. The molecule has 4 nitrogen and oxygen atoms in total. The topological polar surface area (TPSA) is 60.4 Å². The molecule has 0 aromatic rings. The van der Waals surface area contributed by atoms with Crippen LogP contribution in [0.3, 0.4) is 0 Å².